The Kier molecular flexibility index (Phi) is 3.68. The minimum atomic E-state index is 0.504. The molecule has 0 unspecified atom stereocenters. The minimum Gasteiger partial charge on any atom is -0.437 e. The molecule has 0 amide bonds. The molecule has 0 aliphatic carbocycles. The van der Waals surface area contributed by atoms with Crippen LogP contribution in [-0.4, -0.2) is 19.9 Å². The zero-order valence-electron chi connectivity index (χ0n) is 14.3. The van der Waals surface area contributed by atoms with Crippen LogP contribution in [0.5, 0.6) is 11.6 Å². The third-order valence-electron chi connectivity index (χ3n) is 4.24. The second-order valence-corrected chi connectivity index (χ2v) is 6.06. The number of hydrogen-bond acceptors (Lipinski definition) is 5. The van der Waals surface area contributed by atoms with E-state index in [9.17, 15) is 0 Å². The van der Waals surface area contributed by atoms with E-state index in [1.165, 1.54) is 0 Å². The van der Waals surface area contributed by atoms with Gasteiger partial charge >= 0.3 is 0 Å². The van der Waals surface area contributed by atoms with Crippen molar-refractivity contribution < 1.29 is 4.74 Å². The van der Waals surface area contributed by atoms with Gasteiger partial charge in [-0.3, -0.25) is 0 Å². The standard InChI is InChI=1S/C22H14N4O/c1-2-7-15(8-3-1)21-25-19-11-5-4-10-18(19)22(26-21)27-17-13-16-9-6-12-23-20(16)24-14-17/h1-14H. The predicted octanol–water partition coefficient (Wildman–Crippen LogP) is 5.03. The lowest BCUT2D eigenvalue weighted by Crippen LogP contribution is -1.96. The van der Waals surface area contributed by atoms with E-state index in [1.807, 2.05) is 72.8 Å². The molecule has 0 spiro atoms. The number of benzene rings is 2. The van der Waals surface area contributed by atoms with Crippen molar-refractivity contribution in [2.75, 3.05) is 0 Å². The Balaban J connectivity index is 1.64. The highest BCUT2D eigenvalue weighted by Gasteiger charge is 2.11. The first-order valence-electron chi connectivity index (χ1n) is 8.58. The number of nitrogens with zero attached hydrogens (tertiary/aromatic N) is 4. The molecule has 0 N–H and O–H groups in total. The first kappa shape index (κ1) is 15.4. The van der Waals surface area contributed by atoms with Crippen molar-refractivity contribution in [3.63, 3.8) is 0 Å². The lowest BCUT2D eigenvalue weighted by Gasteiger charge is -2.10. The molecule has 5 heteroatoms. The molecule has 128 valence electrons. The number of hydrogen-bond donors (Lipinski definition) is 0. The van der Waals surface area contributed by atoms with Gasteiger partial charge in [-0.1, -0.05) is 42.5 Å². The average molecular weight is 350 g/mol. The zero-order valence-corrected chi connectivity index (χ0v) is 14.3. The number of rotatable bonds is 3. The summed E-state index contributed by atoms with van der Waals surface area (Å²) < 4.78 is 6.12. The van der Waals surface area contributed by atoms with Gasteiger partial charge in [-0.2, -0.15) is 4.98 Å². The lowest BCUT2D eigenvalue weighted by atomic mass is 10.2. The van der Waals surface area contributed by atoms with Crippen LogP contribution in [0.3, 0.4) is 0 Å². The van der Waals surface area contributed by atoms with E-state index in [-0.39, 0.29) is 0 Å². The van der Waals surface area contributed by atoms with Crippen molar-refractivity contribution in [3.05, 3.63) is 85.2 Å². The van der Waals surface area contributed by atoms with Gasteiger partial charge in [-0.05, 0) is 30.3 Å². The smallest absolute Gasteiger partial charge is 0.230 e. The maximum absolute atomic E-state index is 6.12. The molecule has 0 bridgehead atoms. The van der Waals surface area contributed by atoms with E-state index >= 15 is 0 Å². The highest BCUT2D eigenvalue weighted by molar-refractivity contribution is 5.85. The molecular formula is C22H14N4O. The van der Waals surface area contributed by atoms with Crippen LogP contribution >= 0.6 is 0 Å². The van der Waals surface area contributed by atoms with Gasteiger partial charge in [-0.25, -0.2) is 15.0 Å². The van der Waals surface area contributed by atoms with E-state index in [2.05, 4.69) is 19.9 Å². The molecule has 0 atom stereocenters. The van der Waals surface area contributed by atoms with Crippen molar-refractivity contribution in [3.8, 4) is 23.0 Å². The summed E-state index contributed by atoms with van der Waals surface area (Å²) in [5.74, 6) is 1.74. The van der Waals surface area contributed by atoms with Gasteiger partial charge in [0.1, 0.15) is 5.75 Å². The van der Waals surface area contributed by atoms with E-state index in [0.717, 1.165) is 21.9 Å². The summed E-state index contributed by atoms with van der Waals surface area (Å²) in [6.45, 7) is 0. The van der Waals surface area contributed by atoms with E-state index < -0.39 is 0 Å². The van der Waals surface area contributed by atoms with Crippen LogP contribution in [0.25, 0.3) is 33.3 Å². The number of para-hydroxylation sites is 1. The Labute approximate surface area is 155 Å². The zero-order chi connectivity index (χ0) is 18.1. The largest absolute Gasteiger partial charge is 0.437 e. The third kappa shape index (κ3) is 2.95. The van der Waals surface area contributed by atoms with Crippen LogP contribution in [0.1, 0.15) is 0 Å². The monoisotopic (exact) mass is 350 g/mol. The van der Waals surface area contributed by atoms with E-state index in [4.69, 9.17) is 4.74 Å². The maximum Gasteiger partial charge on any atom is 0.230 e. The van der Waals surface area contributed by atoms with Gasteiger partial charge in [-0.15, -0.1) is 0 Å². The first-order chi connectivity index (χ1) is 13.4. The summed E-state index contributed by atoms with van der Waals surface area (Å²) in [5.41, 5.74) is 2.45. The molecule has 0 radical (unpaired) electrons. The number of ether oxygens (including phenoxy) is 1. The van der Waals surface area contributed by atoms with Gasteiger partial charge in [0.25, 0.3) is 0 Å². The fraction of sp³-hybridized carbons (Fsp3) is 0. The molecule has 2 aromatic carbocycles. The molecular weight excluding hydrogens is 336 g/mol. The Morgan fingerprint density at radius 2 is 1.59 bits per heavy atom. The van der Waals surface area contributed by atoms with Crippen molar-refractivity contribution in [2.24, 2.45) is 0 Å². The molecule has 5 nitrogen and oxygen atoms in total. The Morgan fingerprint density at radius 3 is 2.52 bits per heavy atom. The van der Waals surface area contributed by atoms with Crippen LogP contribution in [0.4, 0.5) is 0 Å². The van der Waals surface area contributed by atoms with Crippen molar-refractivity contribution in [1.82, 2.24) is 19.9 Å². The van der Waals surface area contributed by atoms with Crippen LogP contribution in [0.15, 0.2) is 85.2 Å². The summed E-state index contributed by atoms with van der Waals surface area (Å²) >= 11 is 0. The van der Waals surface area contributed by atoms with Gasteiger partial charge < -0.3 is 4.74 Å². The molecule has 3 aromatic heterocycles. The molecule has 5 rings (SSSR count). The van der Waals surface area contributed by atoms with Gasteiger partial charge in [0, 0.05) is 17.1 Å². The van der Waals surface area contributed by atoms with Crippen LogP contribution in [0, 0.1) is 0 Å². The van der Waals surface area contributed by atoms with Crippen molar-refractivity contribution in [1.29, 1.82) is 0 Å². The molecule has 0 saturated heterocycles. The minimum absolute atomic E-state index is 0.504. The quantitative estimate of drug-likeness (QED) is 0.456. The first-order valence-corrected chi connectivity index (χ1v) is 8.58. The summed E-state index contributed by atoms with van der Waals surface area (Å²) in [6, 6.07) is 23.4. The fourth-order valence-corrected chi connectivity index (χ4v) is 2.95. The average Bonchev–Trinajstić information content (AvgIpc) is 2.74. The van der Waals surface area contributed by atoms with Crippen molar-refractivity contribution >= 4 is 21.9 Å². The fourth-order valence-electron chi connectivity index (χ4n) is 2.95. The molecule has 0 aliphatic rings. The molecule has 0 saturated carbocycles. The van der Waals surface area contributed by atoms with E-state index in [1.54, 1.807) is 12.4 Å². The topological polar surface area (TPSA) is 60.8 Å². The molecule has 5 aromatic rings. The predicted molar refractivity (Wildman–Crippen MR) is 105 cm³/mol. The lowest BCUT2D eigenvalue weighted by molar-refractivity contribution is 0.467. The molecule has 27 heavy (non-hydrogen) atoms. The third-order valence-corrected chi connectivity index (χ3v) is 4.24. The number of fused-ring (bicyclic) bond motifs is 2. The molecule has 0 aliphatic heterocycles. The van der Waals surface area contributed by atoms with Gasteiger partial charge in [0.15, 0.2) is 11.5 Å². The second kappa shape index (κ2) is 6.46. The van der Waals surface area contributed by atoms with Crippen molar-refractivity contribution in [2.45, 2.75) is 0 Å². The molecule has 3 heterocycles. The maximum atomic E-state index is 6.12. The summed E-state index contributed by atoms with van der Waals surface area (Å²) in [4.78, 5) is 17.9. The Morgan fingerprint density at radius 1 is 0.741 bits per heavy atom. The highest BCUT2D eigenvalue weighted by atomic mass is 16.5. The number of pyridine rings is 2. The van der Waals surface area contributed by atoms with E-state index in [0.29, 0.717) is 23.1 Å². The van der Waals surface area contributed by atoms with Gasteiger partial charge in [0.05, 0.1) is 17.1 Å². The molecule has 0 fully saturated rings. The highest BCUT2D eigenvalue weighted by Crippen LogP contribution is 2.30. The summed E-state index contributed by atoms with van der Waals surface area (Å²) in [5, 5.41) is 1.76. The van der Waals surface area contributed by atoms with Gasteiger partial charge in [0.2, 0.25) is 5.88 Å². The Hall–Kier alpha value is -3.86. The van der Waals surface area contributed by atoms with Crippen LogP contribution in [0.2, 0.25) is 0 Å². The number of aromatic nitrogens is 4. The normalized spacial score (nSPS) is 11.0. The summed E-state index contributed by atoms with van der Waals surface area (Å²) in [7, 11) is 0. The second-order valence-electron chi connectivity index (χ2n) is 6.06. The summed E-state index contributed by atoms with van der Waals surface area (Å²) in [6.07, 6.45) is 3.38. The Bertz CT molecular complexity index is 1260. The SMILES string of the molecule is c1ccc(-c2nc(Oc3cnc4ncccc4c3)c3ccccc3n2)cc1. The van der Waals surface area contributed by atoms with Crippen LogP contribution < -0.4 is 4.74 Å². The van der Waals surface area contributed by atoms with Crippen LogP contribution in [-0.2, 0) is 0 Å².